The largest absolute Gasteiger partial charge is 0.466 e. The molecular weight excluding hydrogens is 923 g/mol. The number of nitrogens with one attached hydrogen (secondary N) is 1. The van der Waals surface area contributed by atoms with Gasteiger partial charge in [-0.1, -0.05) is 360 Å². The molecule has 3 N–H and O–H groups in total. The second-order valence-corrected chi connectivity index (χ2v) is 23.9. The first kappa shape index (κ1) is 73.6. The van der Waals surface area contributed by atoms with Gasteiger partial charge in [-0.05, 0) is 32.1 Å². The lowest BCUT2D eigenvalue weighted by Crippen LogP contribution is -2.45. The van der Waals surface area contributed by atoms with E-state index in [1.54, 1.807) is 6.08 Å². The van der Waals surface area contributed by atoms with E-state index in [-0.39, 0.29) is 18.5 Å². The minimum Gasteiger partial charge on any atom is -0.466 e. The molecule has 446 valence electrons. The van der Waals surface area contributed by atoms with Gasteiger partial charge in [-0.2, -0.15) is 0 Å². The van der Waals surface area contributed by atoms with Crippen LogP contribution < -0.4 is 5.32 Å². The fourth-order valence-electron chi connectivity index (χ4n) is 11.1. The molecule has 0 saturated heterocycles. The Bertz CT molecular complexity index is 1130. The molecule has 2 atom stereocenters. The second-order valence-electron chi connectivity index (χ2n) is 23.9. The lowest BCUT2D eigenvalue weighted by atomic mass is 10.0. The van der Waals surface area contributed by atoms with Gasteiger partial charge >= 0.3 is 5.97 Å². The molecule has 6 heteroatoms. The summed E-state index contributed by atoms with van der Waals surface area (Å²) in [7, 11) is 0. The Kier molecular flexibility index (Phi) is 63.9. The lowest BCUT2D eigenvalue weighted by Gasteiger charge is -2.20. The third-order valence-electron chi connectivity index (χ3n) is 16.3. The summed E-state index contributed by atoms with van der Waals surface area (Å²) < 4.78 is 5.50. The van der Waals surface area contributed by atoms with Crippen molar-refractivity contribution in [3.8, 4) is 0 Å². The molecule has 0 aromatic carbocycles. The third-order valence-corrected chi connectivity index (χ3v) is 16.3. The highest BCUT2D eigenvalue weighted by Crippen LogP contribution is 2.19. The zero-order valence-corrected chi connectivity index (χ0v) is 51.1. The number of ether oxygens (including phenoxy) is 1. The van der Waals surface area contributed by atoms with Crippen molar-refractivity contribution in [2.24, 2.45) is 0 Å². The zero-order valence-electron chi connectivity index (χ0n) is 51.1. The summed E-state index contributed by atoms with van der Waals surface area (Å²) in [6.45, 7) is 4.95. The predicted molar refractivity (Wildman–Crippen MR) is 329 cm³/mol. The Balaban J connectivity index is 3.41. The number of carbonyl (C=O) groups is 2. The van der Waals surface area contributed by atoms with Crippen molar-refractivity contribution in [1.29, 1.82) is 0 Å². The van der Waals surface area contributed by atoms with Crippen LogP contribution in [0.5, 0.6) is 0 Å². The maximum absolute atomic E-state index is 12.5. The molecule has 0 saturated carbocycles. The Morgan fingerprint density at radius 1 is 0.360 bits per heavy atom. The molecule has 0 heterocycles. The van der Waals surface area contributed by atoms with Gasteiger partial charge in [-0.25, -0.2) is 0 Å². The van der Waals surface area contributed by atoms with Gasteiger partial charge in [0.2, 0.25) is 5.91 Å². The number of esters is 1. The second kappa shape index (κ2) is 65.1. The van der Waals surface area contributed by atoms with Gasteiger partial charge in [0.15, 0.2) is 0 Å². The van der Waals surface area contributed by atoms with Crippen molar-refractivity contribution in [3.63, 3.8) is 0 Å². The van der Waals surface area contributed by atoms with Gasteiger partial charge < -0.3 is 20.3 Å². The first-order valence-corrected chi connectivity index (χ1v) is 34.5. The van der Waals surface area contributed by atoms with Crippen LogP contribution in [0.3, 0.4) is 0 Å². The maximum Gasteiger partial charge on any atom is 0.305 e. The molecule has 0 spiro atoms. The van der Waals surface area contributed by atoms with Crippen molar-refractivity contribution < 1.29 is 24.5 Å². The number of aliphatic hydroxyl groups excluding tert-OH is 2. The van der Waals surface area contributed by atoms with Gasteiger partial charge in [0, 0.05) is 12.8 Å². The van der Waals surface area contributed by atoms with Crippen LogP contribution in [0.2, 0.25) is 0 Å². The van der Waals surface area contributed by atoms with Crippen LogP contribution in [0, 0.1) is 0 Å². The molecule has 0 aliphatic heterocycles. The first-order chi connectivity index (χ1) is 37.0. The number of aliphatic hydroxyl groups is 2. The fourth-order valence-corrected chi connectivity index (χ4v) is 11.1. The SMILES string of the molecule is CCCCCCCCCCCCCCCCCCCCCCC/C=C/C(O)C(CO)NC(=O)CCCCCCCCCCCCCCCCCCCCCCOC(=O)CCCCCCCCCCCCCCCCC. The Hall–Kier alpha value is -1.40. The highest BCUT2D eigenvalue weighted by Gasteiger charge is 2.18. The number of hydrogen-bond acceptors (Lipinski definition) is 5. The number of amides is 1. The number of unbranched alkanes of at least 4 members (excludes halogenated alkanes) is 54. The van der Waals surface area contributed by atoms with Crippen molar-refractivity contribution in [2.45, 2.75) is 405 Å². The molecule has 6 nitrogen and oxygen atoms in total. The lowest BCUT2D eigenvalue weighted by molar-refractivity contribution is -0.143. The Morgan fingerprint density at radius 2 is 0.613 bits per heavy atom. The van der Waals surface area contributed by atoms with Crippen LogP contribution >= 0.6 is 0 Å². The summed E-state index contributed by atoms with van der Waals surface area (Å²) in [5.74, 6) is -0.0509. The van der Waals surface area contributed by atoms with E-state index in [0.717, 1.165) is 38.5 Å². The summed E-state index contributed by atoms with van der Waals surface area (Å²) in [6, 6.07) is -0.630. The van der Waals surface area contributed by atoms with E-state index >= 15 is 0 Å². The van der Waals surface area contributed by atoms with E-state index < -0.39 is 12.1 Å². The molecule has 0 bridgehead atoms. The van der Waals surface area contributed by atoms with Gasteiger partial charge in [-0.3, -0.25) is 9.59 Å². The van der Waals surface area contributed by atoms with Gasteiger partial charge in [0.25, 0.3) is 0 Å². The van der Waals surface area contributed by atoms with E-state index in [1.165, 1.54) is 327 Å². The van der Waals surface area contributed by atoms with Crippen molar-refractivity contribution >= 4 is 11.9 Å². The van der Waals surface area contributed by atoms with Crippen LogP contribution in [0.1, 0.15) is 393 Å². The van der Waals surface area contributed by atoms with Gasteiger partial charge in [0.05, 0.1) is 25.4 Å². The van der Waals surface area contributed by atoms with Crippen LogP contribution in [-0.2, 0) is 14.3 Å². The van der Waals surface area contributed by atoms with Crippen molar-refractivity contribution in [1.82, 2.24) is 5.32 Å². The number of rotatable bonds is 65. The summed E-state index contributed by atoms with van der Waals surface area (Å²) in [5, 5.41) is 23.3. The summed E-state index contributed by atoms with van der Waals surface area (Å²) >= 11 is 0. The van der Waals surface area contributed by atoms with Gasteiger partial charge in [0.1, 0.15) is 0 Å². The summed E-state index contributed by atoms with van der Waals surface area (Å²) in [5.41, 5.74) is 0. The monoisotopic (exact) mass is 1060 g/mol. The third kappa shape index (κ3) is 61.7. The molecule has 1 amide bonds. The molecular formula is C69H135NO5. The average molecular weight is 1060 g/mol. The fraction of sp³-hybridized carbons (Fsp3) is 0.942. The van der Waals surface area contributed by atoms with Crippen molar-refractivity contribution in [3.05, 3.63) is 12.2 Å². The van der Waals surface area contributed by atoms with E-state index in [1.807, 2.05) is 6.08 Å². The van der Waals surface area contributed by atoms with Crippen LogP contribution in [0.15, 0.2) is 12.2 Å². The molecule has 75 heavy (non-hydrogen) atoms. The van der Waals surface area contributed by atoms with E-state index in [2.05, 4.69) is 19.2 Å². The average Bonchev–Trinajstić information content (AvgIpc) is 3.41. The quantitative estimate of drug-likeness (QED) is 0.0320. The van der Waals surface area contributed by atoms with E-state index in [4.69, 9.17) is 4.74 Å². The van der Waals surface area contributed by atoms with Gasteiger partial charge in [-0.15, -0.1) is 0 Å². The van der Waals surface area contributed by atoms with E-state index in [9.17, 15) is 19.8 Å². The Morgan fingerprint density at radius 3 is 0.907 bits per heavy atom. The van der Waals surface area contributed by atoms with Crippen LogP contribution in [0.4, 0.5) is 0 Å². The normalized spacial score (nSPS) is 12.5. The standard InChI is InChI=1S/C69H135NO5/c1-3-5-7-9-11-13-15-17-19-20-21-22-23-24-27-30-34-37-41-45-49-53-57-61-67(72)66(65-71)70-68(73)62-58-54-50-46-42-38-35-31-28-25-26-29-32-36-40-44-48-52-56-60-64-75-69(74)63-59-55-51-47-43-39-33-18-16-14-12-10-8-6-4-2/h57,61,66-67,71-72H,3-56,58-60,62-65H2,1-2H3,(H,70,73)/b61-57+. The maximum atomic E-state index is 12.5. The minimum absolute atomic E-state index is 0.0140. The van der Waals surface area contributed by atoms with Crippen molar-refractivity contribution in [2.75, 3.05) is 13.2 Å². The summed E-state index contributed by atoms with van der Waals surface area (Å²) in [6.07, 6.45) is 79.9. The number of carbonyl (C=O) groups excluding carboxylic acids is 2. The minimum atomic E-state index is -0.846. The molecule has 0 fully saturated rings. The highest BCUT2D eigenvalue weighted by molar-refractivity contribution is 5.76. The zero-order chi connectivity index (χ0) is 54.3. The number of allylic oxidation sites excluding steroid dienone is 1. The first-order valence-electron chi connectivity index (χ1n) is 34.5. The molecule has 0 aliphatic rings. The topological polar surface area (TPSA) is 95.9 Å². The molecule has 0 aromatic rings. The molecule has 0 aliphatic carbocycles. The summed E-state index contributed by atoms with van der Waals surface area (Å²) in [4.78, 5) is 24.6. The molecule has 0 aromatic heterocycles. The molecule has 0 rings (SSSR count). The predicted octanol–water partition coefficient (Wildman–Crippen LogP) is 22.0. The molecule has 0 radical (unpaired) electrons. The van der Waals surface area contributed by atoms with Crippen LogP contribution in [0.25, 0.3) is 0 Å². The number of hydrogen-bond donors (Lipinski definition) is 3. The van der Waals surface area contributed by atoms with Crippen LogP contribution in [-0.4, -0.2) is 47.4 Å². The Labute approximate surface area is 469 Å². The smallest absolute Gasteiger partial charge is 0.305 e. The van der Waals surface area contributed by atoms with E-state index in [0.29, 0.717) is 19.4 Å². The molecule has 2 unspecified atom stereocenters. The highest BCUT2D eigenvalue weighted by atomic mass is 16.5.